The van der Waals surface area contributed by atoms with Crippen molar-refractivity contribution >= 4 is 5.97 Å². The second-order valence-electron chi connectivity index (χ2n) is 9.39. The van der Waals surface area contributed by atoms with Gasteiger partial charge in [0.15, 0.2) is 0 Å². The van der Waals surface area contributed by atoms with Gasteiger partial charge in [-0.15, -0.1) is 0 Å². The van der Waals surface area contributed by atoms with E-state index in [0.717, 1.165) is 38.4 Å². The number of piperidine rings is 1. The van der Waals surface area contributed by atoms with E-state index in [2.05, 4.69) is 25.3 Å². The van der Waals surface area contributed by atoms with Gasteiger partial charge >= 0.3 is 5.97 Å². The van der Waals surface area contributed by atoms with Crippen LogP contribution in [0.2, 0.25) is 0 Å². The van der Waals surface area contributed by atoms with E-state index in [1.807, 2.05) is 0 Å². The van der Waals surface area contributed by atoms with E-state index >= 15 is 0 Å². The van der Waals surface area contributed by atoms with Crippen molar-refractivity contribution in [2.45, 2.75) is 64.9 Å². The maximum absolute atomic E-state index is 12.6. The van der Waals surface area contributed by atoms with Crippen molar-refractivity contribution in [2.75, 3.05) is 19.6 Å². The predicted octanol–water partition coefficient (Wildman–Crippen LogP) is 4.03. The number of esters is 1. The van der Waals surface area contributed by atoms with Gasteiger partial charge in [-0.3, -0.25) is 4.79 Å². The van der Waals surface area contributed by atoms with Gasteiger partial charge in [0.1, 0.15) is 6.10 Å². The first-order chi connectivity index (χ1) is 11.5. The molecule has 0 radical (unpaired) electrons. The highest BCUT2D eigenvalue weighted by atomic mass is 16.6. The molecule has 0 unspecified atom stereocenters. The molecular formula is C21H33NO2. The average Bonchev–Trinajstić information content (AvgIpc) is 2.82. The van der Waals surface area contributed by atoms with Crippen LogP contribution in [0.3, 0.4) is 0 Å². The van der Waals surface area contributed by atoms with Gasteiger partial charge in [-0.2, -0.15) is 0 Å². The van der Waals surface area contributed by atoms with Crippen LogP contribution >= 0.6 is 0 Å². The minimum absolute atomic E-state index is 0.0801. The maximum Gasteiger partial charge on any atom is 0.310 e. The number of fused-ring (bicyclic) bond motifs is 2. The lowest BCUT2D eigenvalue weighted by Crippen LogP contribution is -2.46. The molecule has 3 heteroatoms. The highest BCUT2D eigenvalue weighted by Gasteiger charge is 2.55. The molecule has 5 atom stereocenters. The number of carbonyl (C=O) groups excluding carboxylic acids is 1. The average molecular weight is 332 g/mol. The predicted molar refractivity (Wildman–Crippen MR) is 95.5 cm³/mol. The highest BCUT2D eigenvalue weighted by molar-refractivity contribution is 5.75. The van der Waals surface area contributed by atoms with Crippen molar-refractivity contribution in [2.24, 2.45) is 29.1 Å². The first kappa shape index (κ1) is 16.6. The summed E-state index contributed by atoms with van der Waals surface area (Å²) in [5.74, 6) is 2.04. The van der Waals surface area contributed by atoms with E-state index in [1.165, 1.54) is 37.7 Å². The van der Waals surface area contributed by atoms with Crippen molar-refractivity contribution in [3.05, 3.63) is 12.2 Å². The third kappa shape index (κ3) is 2.83. The molecule has 2 saturated heterocycles. The van der Waals surface area contributed by atoms with Crippen molar-refractivity contribution in [3.8, 4) is 0 Å². The second-order valence-corrected chi connectivity index (χ2v) is 9.39. The lowest BCUT2D eigenvalue weighted by molar-refractivity contribution is -0.146. The fourth-order valence-corrected chi connectivity index (χ4v) is 5.99. The van der Waals surface area contributed by atoms with E-state index in [1.54, 1.807) is 0 Å². The minimum atomic E-state index is 0.0801. The first-order valence-corrected chi connectivity index (χ1v) is 10.1. The zero-order chi connectivity index (χ0) is 16.9. The van der Waals surface area contributed by atoms with Crippen molar-refractivity contribution in [1.82, 2.24) is 4.90 Å². The van der Waals surface area contributed by atoms with E-state index in [4.69, 9.17) is 4.74 Å². The molecular weight excluding hydrogens is 298 g/mol. The van der Waals surface area contributed by atoms with Gasteiger partial charge in [-0.05, 0) is 75.3 Å². The van der Waals surface area contributed by atoms with Crippen molar-refractivity contribution < 1.29 is 9.53 Å². The molecule has 24 heavy (non-hydrogen) atoms. The van der Waals surface area contributed by atoms with E-state index in [9.17, 15) is 4.79 Å². The molecule has 0 bridgehead atoms. The molecule has 0 amide bonds. The molecule has 4 fully saturated rings. The number of nitrogens with zero attached hydrogens (tertiary/aromatic N) is 1. The summed E-state index contributed by atoms with van der Waals surface area (Å²) < 4.78 is 5.89. The third-order valence-corrected chi connectivity index (χ3v) is 7.65. The molecule has 134 valence electrons. The highest BCUT2D eigenvalue weighted by Crippen LogP contribution is 2.56. The summed E-state index contributed by atoms with van der Waals surface area (Å²) in [6.45, 7) is 12.4. The zero-order valence-electron chi connectivity index (χ0n) is 15.4. The van der Waals surface area contributed by atoms with Crippen LogP contribution in [0.5, 0.6) is 0 Å². The number of rotatable bonds is 2. The fourth-order valence-electron chi connectivity index (χ4n) is 5.99. The molecule has 2 saturated carbocycles. The van der Waals surface area contributed by atoms with Crippen LogP contribution in [0.4, 0.5) is 0 Å². The lowest BCUT2D eigenvalue weighted by atomic mass is 9.55. The summed E-state index contributed by atoms with van der Waals surface area (Å²) in [5.41, 5.74) is 1.75. The molecule has 4 rings (SSSR count). The Morgan fingerprint density at radius 3 is 2.83 bits per heavy atom. The van der Waals surface area contributed by atoms with Gasteiger partial charge in [0.2, 0.25) is 0 Å². The number of ether oxygens (including phenoxy) is 1. The summed E-state index contributed by atoms with van der Waals surface area (Å²) in [4.78, 5) is 15.1. The third-order valence-electron chi connectivity index (χ3n) is 7.65. The molecule has 4 aliphatic rings. The molecule has 2 aliphatic heterocycles. The van der Waals surface area contributed by atoms with Gasteiger partial charge in [-0.1, -0.05) is 26.0 Å². The number of hydrogen-bond acceptors (Lipinski definition) is 3. The molecule has 0 aromatic rings. The summed E-state index contributed by atoms with van der Waals surface area (Å²) >= 11 is 0. The van der Waals surface area contributed by atoms with Gasteiger partial charge in [0.05, 0.1) is 5.92 Å². The summed E-state index contributed by atoms with van der Waals surface area (Å²) in [7, 11) is 0. The largest absolute Gasteiger partial charge is 0.462 e. The number of carbonyl (C=O) groups is 1. The quantitative estimate of drug-likeness (QED) is 0.565. The van der Waals surface area contributed by atoms with Crippen LogP contribution in [0.15, 0.2) is 12.2 Å². The standard InChI is InChI=1S/C21H33NO2/c1-14-6-9-22(10-7-14)13-17-16-11-18-15(2)5-4-8-21(18,3)12-19(16)24-20(17)23/h14,16-19H,2,4-13H2,1,3H3/t16-,17+,18+,19-,21-/m1/s1. The Hall–Kier alpha value is -0.830. The van der Waals surface area contributed by atoms with Gasteiger partial charge in [0, 0.05) is 12.5 Å². The molecule has 0 aromatic heterocycles. The number of allylic oxidation sites excluding steroid dienone is 1. The van der Waals surface area contributed by atoms with E-state index < -0.39 is 0 Å². The van der Waals surface area contributed by atoms with E-state index in [-0.39, 0.29) is 18.0 Å². The number of hydrogen-bond donors (Lipinski definition) is 0. The molecule has 0 spiro atoms. The van der Waals surface area contributed by atoms with Crippen LogP contribution in [-0.4, -0.2) is 36.6 Å². The van der Waals surface area contributed by atoms with Crippen LogP contribution in [0.25, 0.3) is 0 Å². The van der Waals surface area contributed by atoms with Crippen molar-refractivity contribution in [1.29, 1.82) is 0 Å². The van der Waals surface area contributed by atoms with Crippen LogP contribution < -0.4 is 0 Å². The van der Waals surface area contributed by atoms with Crippen LogP contribution in [0.1, 0.15) is 58.8 Å². The molecule has 3 nitrogen and oxygen atoms in total. The lowest BCUT2D eigenvalue weighted by Gasteiger charge is -2.50. The van der Waals surface area contributed by atoms with Crippen LogP contribution in [-0.2, 0) is 9.53 Å². The Labute approximate surface area is 146 Å². The molecule has 2 heterocycles. The Kier molecular flexibility index (Phi) is 4.27. The van der Waals surface area contributed by atoms with Gasteiger partial charge < -0.3 is 9.64 Å². The zero-order valence-corrected chi connectivity index (χ0v) is 15.4. The Morgan fingerprint density at radius 1 is 1.33 bits per heavy atom. The Morgan fingerprint density at radius 2 is 2.08 bits per heavy atom. The topological polar surface area (TPSA) is 29.5 Å². The second kappa shape index (κ2) is 6.16. The summed E-state index contributed by atoms with van der Waals surface area (Å²) in [5, 5.41) is 0. The molecule has 2 aliphatic carbocycles. The molecule has 0 N–H and O–H groups in total. The summed E-state index contributed by atoms with van der Waals surface area (Å²) in [6, 6.07) is 0. The smallest absolute Gasteiger partial charge is 0.310 e. The monoisotopic (exact) mass is 331 g/mol. The van der Waals surface area contributed by atoms with E-state index in [0.29, 0.717) is 17.3 Å². The van der Waals surface area contributed by atoms with Gasteiger partial charge in [0.25, 0.3) is 0 Å². The minimum Gasteiger partial charge on any atom is -0.462 e. The first-order valence-electron chi connectivity index (χ1n) is 10.1. The molecule has 0 aromatic carbocycles. The normalized spacial score (nSPS) is 44.1. The van der Waals surface area contributed by atoms with Crippen molar-refractivity contribution in [3.63, 3.8) is 0 Å². The SMILES string of the molecule is C=C1CCC[C@]2(C)C[C@H]3OC(=O)[C@@H](CN4CCC(C)CC4)[C@H]3C[C@@H]12. The fraction of sp³-hybridized carbons (Fsp3) is 0.857. The Bertz CT molecular complexity index is 522. The Balaban J connectivity index is 1.47. The number of likely N-dealkylation sites (tertiary alicyclic amines) is 1. The summed E-state index contributed by atoms with van der Waals surface area (Å²) in [6.07, 6.45) is 8.60. The van der Waals surface area contributed by atoms with Crippen LogP contribution in [0, 0.1) is 29.1 Å². The maximum atomic E-state index is 12.6. The van der Waals surface area contributed by atoms with Gasteiger partial charge in [-0.25, -0.2) is 0 Å².